The van der Waals surface area contributed by atoms with Crippen molar-refractivity contribution in [2.45, 2.75) is 19.4 Å². The van der Waals surface area contributed by atoms with Gasteiger partial charge in [-0.25, -0.2) is 0 Å². The van der Waals surface area contributed by atoms with Crippen LogP contribution in [0.2, 0.25) is 0 Å². The van der Waals surface area contributed by atoms with Gasteiger partial charge in [0.1, 0.15) is 13.2 Å². The van der Waals surface area contributed by atoms with Crippen molar-refractivity contribution in [1.29, 1.82) is 0 Å². The van der Waals surface area contributed by atoms with E-state index >= 15 is 0 Å². The molecule has 0 spiro atoms. The Balaban J connectivity index is 1.31. The number of rotatable bonds is 4. The second-order valence-electron chi connectivity index (χ2n) is 7.75. The highest BCUT2D eigenvalue weighted by Crippen LogP contribution is 2.31. The Kier molecular flexibility index (Phi) is 6.27. The molecule has 0 unspecified atom stereocenters. The molecule has 2 aromatic rings. The molecule has 1 saturated heterocycles. The van der Waals surface area contributed by atoms with E-state index in [-0.39, 0.29) is 17.7 Å². The van der Waals surface area contributed by atoms with Gasteiger partial charge in [-0.15, -0.1) is 0 Å². The number of likely N-dealkylation sites (tertiary alicyclic amines) is 1. The predicted octanol–water partition coefficient (Wildman–Crippen LogP) is 3.73. The van der Waals surface area contributed by atoms with Crippen LogP contribution in [0.25, 0.3) is 0 Å². The molecule has 0 N–H and O–H groups in total. The number of halogens is 1. The summed E-state index contributed by atoms with van der Waals surface area (Å²) >= 11 is 3.39. The number of nitrogens with zero attached hydrogens (tertiary/aromatic N) is 2. The van der Waals surface area contributed by atoms with E-state index in [0.717, 1.165) is 21.5 Å². The summed E-state index contributed by atoms with van der Waals surface area (Å²) in [5, 5.41) is 0. The highest BCUT2D eigenvalue weighted by atomic mass is 79.9. The molecule has 0 bridgehead atoms. The Bertz CT molecular complexity index is 923. The zero-order chi connectivity index (χ0) is 21.1. The minimum Gasteiger partial charge on any atom is -0.486 e. The van der Waals surface area contributed by atoms with Crippen LogP contribution in [0.15, 0.2) is 46.9 Å². The Morgan fingerprint density at radius 1 is 1.03 bits per heavy atom. The van der Waals surface area contributed by atoms with E-state index in [2.05, 4.69) is 15.9 Å². The van der Waals surface area contributed by atoms with Crippen molar-refractivity contribution >= 4 is 27.7 Å². The summed E-state index contributed by atoms with van der Waals surface area (Å²) in [5.41, 5.74) is 1.69. The number of fused-ring (bicyclic) bond motifs is 1. The van der Waals surface area contributed by atoms with Crippen LogP contribution in [-0.4, -0.2) is 55.0 Å². The van der Waals surface area contributed by atoms with Crippen LogP contribution in [0, 0.1) is 5.92 Å². The molecule has 0 atom stereocenters. The minimum absolute atomic E-state index is 0.0260. The van der Waals surface area contributed by atoms with Crippen LogP contribution in [0.5, 0.6) is 11.5 Å². The van der Waals surface area contributed by atoms with Gasteiger partial charge in [0.05, 0.1) is 0 Å². The number of piperidine rings is 1. The standard InChI is InChI=1S/C23H25BrN2O4/c1-25(15-16-2-7-20-21(14-16)30-13-12-29-20)22(27)18-8-10-26(11-9-18)23(28)17-3-5-19(24)6-4-17/h2-7,14,18H,8-13,15H2,1H3. The fourth-order valence-corrected chi connectivity index (χ4v) is 4.22. The van der Waals surface area contributed by atoms with E-state index < -0.39 is 0 Å². The van der Waals surface area contributed by atoms with Gasteiger partial charge < -0.3 is 19.3 Å². The van der Waals surface area contributed by atoms with Crippen molar-refractivity contribution in [2.75, 3.05) is 33.4 Å². The quantitative estimate of drug-likeness (QED) is 0.679. The molecule has 0 radical (unpaired) electrons. The molecule has 0 aliphatic carbocycles. The average Bonchev–Trinajstić information content (AvgIpc) is 2.78. The number of carbonyl (C=O) groups is 2. The second kappa shape index (κ2) is 9.08. The molecule has 6 nitrogen and oxygen atoms in total. The first-order chi connectivity index (χ1) is 14.5. The largest absolute Gasteiger partial charge is 0.486 e. The van der Waals surface area contributed by atoms with Gasteiger partial charge >= 0.3 is 0 Å². The Hall–Kier alpha value is -2.54. The van der Waals surface area contributed by atoms with Crippen LogP contribution in [-0.2, 0) is 11.3 Å². The maximum atomic E-state index is 12.9. The fourth-order valence-electron chi connectivity index (χ4n) is 3.95. The molecule has 2 amide bonds. The maximum Gasteiger partial charge on any atom is 0.253 e. The molecule has 7 heteroatoms. The summed E-state index contributed by atoms with van der Waals surface area (Å²) in [7, 11) is 1.83. The summed E-state index contributed by atoms with van der Waals surface area (Å²) < 4.78 is 12.1. The third kappa shape index (κ3) is 4.61. The van der Waals surface area contributed by atoms with Gasteiger partial charge in [0.2, 0.25) is 5.91 Å². The molecule has 1 fully saturated rings. The van der Waals surface area contributed by atoms with Gasteiger partial charge in [0, 0.05) is 42.6 Å². The van der Waals surface area contributed by atoms with Crippen LogP contribution in [0.4, 0.5) is 0 Å². The van der Waals surface area contributed by atoms with Crippen molar-refractivity contribution < 1.29 is 19.1 Å². The molecule has 2 heterocycles. The minimum atomic E-state index is -0.0545. The molecule has 2 aliphatic heterocycles. The summed E-state index contributed by atoms with van der Waals surface area (Å²) in [6.45, 7) is 2.83. The monoisotopic (exact) mass is 472 g/mol. The predicted molar refractivity (Wildman–Crippen MR) is 117 cm³/mol. The molecule has 30 heavy (non-hydrogen) atoms. The number of hydrogen-bond donors (Lipinski definition) is 0. The molecular weight excluding hydrogens is 448 g/mol. The highest BCUT2D eigenvalue weighted by Gasteiger charge is 2.29. The third-order valence-electron chi connectivity index (χ3n) is 5.63. The van der Waals surface area contributed by atoms with Gasteiger partial charge in [0.25, 0.3) is 5.91 Å². The topological polar surface area (TPSA) is 59.1 Å². The smallest absolute Gasteiger partial charge is 0.253 e. The summed E-state index contributed by atoms with van der Waals surface area (Å²) in [5.74, 6) is 1.58. The Morgan fingerprint density at radius 2 is 1.70 bits per heavy atom. The number of hydrogen-bond acceptors (Lipinski definition) is 4. The summed E-state index contributed by atoms with van der Waals surface area (Å²) in [6, 6.07) is 13.2. The van der Waals surface area contributed by atoms with Crippen molar-refractivity contribution in [2.24, 2.45) is 5.92 Å². The van der Waals surface area contributed by atoms with Crippen LogP contribution >= 0.6 is 15.9 Å². The van der Waals surface area contributed by atoms with Crippen molar-refractivity contribution in [1.82, 2.24) is 9.80 Å². The van der Waals surface area contributed by atoms with Crippen LogP contribution in [0.1, 0.15) is 28.8 Å². The first kappa shape index (κ1) is 20.7. The zero-order valence-corrected chi connectivity index (χ0v) is 18.6. The van der Waals surface area contributed by atoms with Crippen molar-refractivity contribution in [3.05, 3.63) is 58.1 Å². The normalized spacial score (nSPS) is 16.3. The van der Waals surface area contributed by atoms with E-state index in [1.54, 1.807) is 4.90 Å². The summed E-state index contributed by atoms with van der Waals surface area (Å²) in [6.07, 6.45) is 1.37. The first-order valence-electron chi connectivity index (χ1n) is 10.2. The van der Waals surface area contributed by atoms with E-state index in [0.29, 0.717) is 51.3 Å². The molecular formula is C23H25BrN2O4. The van der Waals surface area contributed by atoms with Crippen molar-refractivity contribution in [3.8, 4) is 11.5 Å². The van der Waals surface area contributed by atoms with Gasteiger partial charge in [-0.05, 0) is 54.8 Å². The van der Waals surface area contributed by atoms with Gasteiger partial charge in [0.15, 0.2) is 11.5 Å². The van der Waals surface area contributed by atoms with E-state index in [1.807, 2.05) is 54.4 Å². The van der Waals surface area contributed by atoms with E-state index in [1.165, 1.54) is 0 Å². The SMILES string of the molecule is CN(Cc1ccc2c(c1)OCCO2)C(=O)C1CCN(C(=O)c2ccc(Br)cc2)CC1. The lowest BCUT2D eigenvalue weighted by atomic mass is 9.94. The van der Waals surface area contributed by atoms with Gasteiger partial charge in [-0.1, -0.05) is 22.0 Å². The number of benzene rings is 2. The molecule has 2 aliphatic rings. The Labute approximate surface area is 184 Å². The average molecular weight is 473 g/mol. The lowest BCUT2D eigenvalue weighted by Crippen LogP contribution is -2.43. The maximum absolute atomic E-state index is 12.9. The molecule has 158 valence electrons. The van der Waals surface area contributed by atoms with Crippen LogP contribution in [0.3, 0.4) is 0 Å². The van der Waals surface area contributed by atoms with Gasteiger partial charge in [-0.2, -0.15) is 0 Å². The van der Waals surface area contributed by atoms with Crippen molar-refractivity contribution in [3.63, 3.8) is 0 Å². The molecule has 2 aromatic carbocycles. The number of ether oxygens (including phenoxy) is 2. The third-order valence-corrected chi connectivity index (χ3v) is 6.15. The number of carbonyl (C=O) groups excluding carboxylic acids is 2. The van der Waals surface area contributed by atoms with E-state index in [9.17, 15) is 9.59 Å². The lowest BCUT2D eigenvalue weighted by molar-refractivity contribution is -0.136. The fraction of sp³-hybridized carbons (Fsp3) is 0.391. The van der Waals surface area contributed by atoms with Crippen LogP contribution < -0.4 is 9.47 Å². The van der Waals surface area contributed by atoms with E-state index in [4.69, 9.17) is 9.47 Å². The van der Waals surface area contributed by atoms with Gasteiger partial charge in [-0.3, -0.25) is 9.59 Å². The first-order valence-corrected chi connectivity index (χ1v) is 11.0. The molecule has 0 aromatic heterocycles. The Morgan fingerprint density at radius 3 is 2.40 bits per heavy atom. The lowest BCUT2D eigenvalue weighted by Gasteiger charge is -2.33. The number of amides is 2. The molecule has 0 saturated carbocycles. The highest BCUT2D eigenvalue weighted by molar-refractivity contribution is 9.10. The second-order valence-corrected chi connectivity index (χ2v) is 8.66. The summed E-state index contributed by atoms with van der Waals surface area (Å²) in [4.78, 5) is 29.2. The molecule has 4 rings (SSSR count). The zero-order valence-electron chi connectivity index (χ0n) is 17.0.